The number of nitro groups is 1. The second kappa shape index (κ2) is 7.18. The Morgan fingerprint density at radius 1 is 1.38 bits per heavy atom. The maximum Gasteiger partial charge on any atom is 0.349 e. The van der Waals surface area contributed by atoms with Crippen LogP contribution in [0, 0.1) is 22.9 Å². The summed E-state index contributed by atoms with van der Waals surface area (Å²) in [5.74, 6) is -2.32. The molecule has 1 atom stereocenters. The van der Waals surface area contributed by atoms with Crippen LogP contribution in [0.15, 0.2) is 29.6 Å². The van der Waals surface area contributed by atoms with E-state index in [4.69, 9.17) is 4.74 Å². The fourth-order valence-corrected chi connectivity index (χ4v) is 2.63. The monoisotopic (exact) mass is 352 g/mol. The Kier molecular flexibility index (Phi) is 5.24. The molecule has 2 aromatic rings. The van der Waals surface area contributed by atoms with Crippen LogP contribution < -0.4 is 5.32 Å². The topological polar surface area (TPSA) is 98.5 Å². The first-order valence-electron chi connectivity index (χ1n) is 6.79. The van der Waals surface area contributed by atoms with Crippen LogP contribution in [0.2, 0.25) is 0 Å². The Bertz CT molecular complexity index is 805. The molecule has 1 heterocycles. The summed E-state index contributed by atoms with van der Waals surface area (Å²) in [4.78, 5) is 34.2. The highest BCUT2D eigenvalue weighted by molar-refractivity contribution is 7.12. The summed E-state index contributed by atoms with van der Waals surface area (Å²) in [6.45, 7) is 3.11. The third kappa shape index (κ3) is 3.93. The largest absolute Gasteiger partial charge is 0.448 e. The smallest absolute Gasteiger partial charge is 0.349 e. The van der Waals surface area contributed by atoms with Gasteiger partial charge in [0.25, 0.3) is 5.91 Å². The summed E-state index contributed by atoms with van der Waals surface area (Å²) in [5.41, 5.74) is 0.0155. The minimum Gasteiger partial charge on any atom is -0.448 e. The second-order valence-electron chi connectivity index (χ2n) is 4.89. The average molecular weight is 352 g/mol. The van der Waals surface area contributed by atoms with Crippen molar-refractivity contribution < 1.29 is 23.6 Å². The number of halogens is 1. The predicted octanol–water partition coefficient (Wildman–Crippen LogP) is 3.29. The molecule has 0 aliphatic carbocycles. The van der Waals surface area contributed by atoms with E-state index >= 15 is 0 Å². The van der Waals surface area contributed by atoms with Crippen LogP contribution in [0.1, 0.15) is 22.2 Å². The molecule has 0 bridgehead atoms. The van der Waals surface area contributed by atoms with Gasteiger partial charge in [-0.25, -0.2) is 4.79 Å². The molecule has 0 spiro atoms. The van der Waals surface area contributed by atoms with Crippen molar-refractivity contribution >= 4 is 34.6 Å². The second-order valence-corrected chi connectivity index (χ2v) is 5.81. The van der Waals surface area contributed by atoms with E-state index < -0.39 is 34.4 Å². The Morgan fingerprint density at radius 2 is 2.08 bits per heavy atom. The van der Waals surface area contributed by atoms with Gasteiger partial charge in [0, 0.05) is 11.8 Å². The van der Waals surface area contributed by atoms with Gasteiger partial charge in [-0.1, -0.05) is 0 Å². The van der Waals surface area contributed by atoms with Crippen molar-refractivity contribution in [3.63, 3.8) is 0 Å². The normalized spacial score (nSPS) is 11.6. The number of nitrogens with one attached hydrogen (secondary N) is 1. The molecule has 7 nitrogen and oxygen atoms in total. The van der Waals surface area contributed by atoms with E-state index in [0.29, 0.717) is 4.88 Å². The standard InChI is InChI=1S/C15H13FN2O5S/c1-8-5-6-24-13(8)15(20)23-9(2)14(19)17-10-3-4-11(16)12(7-10)18(21)22/h3-7,9H,1-2H3,(H,17,19)/t9-/m0/s1. The maximum absolute atomic E-state index is 13.3. The number of hydrogen-bond donors (Lipinski definition) is 1. The SMILES string of the molecule is Cc1ccsc1C(=O)O[C@@H](C)C(=O)Nc1ccc(F)c([N+](=O)[O-])c1. The average Bonchev–Trinajstić information content (AvgIpc) is 2.95. The summed E-state index contributed by atoms with van der Waals surface area (Å²) in [7, 11) is 0. The van der Waals surface area contributed by atoms with Gasteiger partial charge in [-0.3, -0.25) is 14.9 Å². The quantitative estimate of drug-likeness (QED) is 0.506. The minimum atomic E-state index is -1.12. The molecule has 0 fully saturated rings. The number of carbonyl (C=O) groups excluding carboxylic acids is 2. The summed E-state index contributed by atoms with van der Waals surface area (Å²) < 4.78 is 18.3. The number of aryl methyl sites for hydroxylation is 1. The van der Waals surface area contributed by atoms with Crippen LogP contribution in [0.4, 0.5) is 15.8 Å². The predicted molar refractivity (Wildman–Crippen MR) is 85.6 cm³/mol. The zero-order valence-electron chi connectivity index (χ0n) is 12.7. The summed E-state index contributed by atoms with van der Waals surface area (Å²) in [6.07, 6.45) is -1.12. The van der Waals surface area contributed by atoms with E-state index in [1.807, 2.05) is 0 Å². The molecule has 0 radical (unpaired) electrons. The van der Waals surface area contributed by atoms with E-state index in [1.54, 1.807) is 18.4 Å². The van der Waals surface area contributed by atoms with E-state index in [0.717, 1.165) is 17.7 Å². The van der Waals surface area contributed by atoms with Gasteiger partial charge in [0.15, 0.2) is 6.10 Å². The lowest BCUT2D eigenvalue weighted by molar-refractivity contribution is -0.387. The van der Waals surface area contributed by atoms with E-state index in [-0.39, 0.29) is 5.69 Å². The lowest BCUT2D eigenvalue weighted by atomic mass is 10.2. The van der Waals surface area contributed by atoms with Gasteiger partial charge < -0.3 is 10.1 Å². The van der Waals surface area contributed by atoms with Gasteiger partial charge in [-0.2, -0.15) is 4.39 Å². The van der Waals surface area contributed by atoms with Crippen LogP contribution in [-0.2, 0) is 9.53 Å². The van der Waals surface area contributed by atoms with Crippen molar-refractivity contribution in [1.29, 1.82) is 0 Å². The summed E-state index contributed by atoms with van der Waals surface area (Å²) in [5, 5.41) is 14.8. The first-order chi connectivity index (χ1) is 11.3. The molecule has 1 aromatic heterocycles. The first kappa shape index (κ1) is 17.5. The number of nitrogens with zero attached hydrogens (tertiary/aromatic N) is 1. The highest BCUT2D eigenvalue weighted by atomic mass is 32.1. The lowest BCUT2D eigenvalue weighted by Gasteiger charge is -2.13. The van der Waals surface area contributed by atoms with Crippen LogP contribution in [0.25, 0.3) is 0 Å². The van der Waals surface area contributed by atoms with Crippen LogP contribution in [-0.4, -0.2) is 22.9 Å². The number of anilines is 1. The Balaban J connectivity index is 2.04. The number of benzene rings is 1. The highest BCUT2D eigenvalue weighted by Crippen LogP contribution is 2.22. The van der Waals surface area contributed by atoms with Crippen LogP contribution >= 0.6 is 11.3 Å². The zero-order chi connectivity index (χ0) is 17.9. The van der Waals surface area contributed by atoms with E-state index in [1.165, 1.54) is 24.3 Å². The van der Waals surface area contributed by atoms with Gasteiger partial charge in [0.2, 0.25) is 5.82 Å². The van der Waals surface area contributed by atoms with Crippen LogP contribution in [0.3, 0.4) is 0 Å². The van der Waals surface area contributed by atoms with E-state index in [2.05, 4.69) is 5.32 Å². The van der Waals surface area contributed by atoms with Gasteiger partial charge in [-0.15, -0.1) is 11.3 Å². The summed E-state index contributed by atoms with van der Waals surface area (Å²) in [6, 6.07) is 4.70. The lowest BCUT2D eigenvalue weighted by Crippen LogP contribution is -2.30. The van der Waals surface area contributed by atoms with Crippen molar-refractivity contribution in [1.82, 2.24) is 0 Å². The number of nitro benzene ring substituents is 1. The molecule has 2 rings (SSSR count). The molecule has 24 heavy (non-hydrogen) atoms. The van der Waals surface area contributed by atoms with Crippen molar-refractivity contribution in [3.8, 4) is 0 Å². The number of hydrogen-bond acceptors (Lipinski definition) is 6. The molecule has 1 amide bonds. The molecule has 1 aromatic carbocycles. The van der Waals surface area contributed by atoms with Gasteiger partial charge in [-0.05, 0) is 43.0 Å². The Morgan fingerprint density at radius 3 is 2.67 bits per heavy atom. The third-order valence-corrected chi connectivity index (χ3v) is 4.11. The molecule has 0 unspecified atom stereocenters. The Labute approximate surface area is 140 Å². The van der Waals surface area contributed by atoms with Gasteiger partial charge in [0.05, 0.1) is 4.92 Å². The third-order valence-electron chi connectivity index (χ3n) is 3.11. The van der Waals surface area contributed by atoms with Gasteiger partial charge in [0.1, 0.15) is 4.88 Å². The number of carbonyl (C=O) groups is 2. The number of amides is 1. The summed E-state index contributed by atoms with van der Waals surface area (Å²) >= 11 is 1.20. The van der Waals surface area contributed by atoms with Crippen molar-refractivity contribution in [2.75, 3.05) is 5.32 Å². The molecule has 126 valence electrons. The molecular formula is C15H13FN2O5S. The zero-order valence-corrected chi connectivity index (χ0v) is 13.6. The highest BCUT2D eigenvalue weighted by Gasteiger charge is 2.22. The van der Waals surface area contributed by atoms with E-state index in [9.17, 15) is 24.1 Å². The maximum atomic E-state index is 13.3. The molecule has 0 saturated heterocycles. The molecule has 0 aliphatic heterocycles. The molecule has 0 aliphatic rings. The molecular weight excluding hydrogens is 339 g/mol. The number of rotatable bonds is 5. The number of thiophene rings is 1. The minimum absolute atomic E-state index is 0.0308. The van der Waals surface area contributed by atoms with Gasteiger partial charge >= 0.3 is 11.7 Å². The van der Waals surface area contributed by atoms with Crippen molar-refractivity contribution in [2.45, 2.75) is 20.0 Å². The fourth-order valence-electron chi connectivity index (χ4n) is 1.82. The Hall–Kier alpha value is -2.81. The first-order valence-corrected chi connectivity index (χ1v) is 7.67. The van der Waals surface area contributed by atoms with Crippen molar-refractivity contribution in [3.05, 3.63) is 56.0 Å². The fraction of sp³-hybridized carbons (Fsp3) is 0.200. The number of ether oxygens (including phenoxy) is 1. The molecule has 9 heteroatoms. The molecule has 0 saturated carbocycles. The van der Waals surface area contributed by atoms with Crippen molar-refractivity contribution in [2.24, 2.45) is 0 Å². The number of esters is 1. The van der Waals surface area contributed by atoms with Crippen LogP contribution in [0.5, 0.6) is 0 Å². The molecule has 1 N–H and O–H groups in total.